The Morgan fingerprint density at radius 3 is 2.57 bits per heavy atom. The number of hydrogen-bond donors (Lipinski definition) is 1. The molecule has 0 radical (unpaired) electrons. The molecule has 0 aliphatic rings. The van der Waals surface area contributed by atoms with E-state index in [1.165, 1.54) is 0 Å². The van der Waals surface area contributed by atoms with E-state index in [9.17, 15) is 9.90 Å². The first-order valence-corrected chi connectivity index (χ1v) is 6.44. The van der Waals surface area contributed by atoms with Crippen molar-refractivity contribution in [3.05, 3.63) is 59.5 Å². The van der Waals surface area contributed by atoms with Gasteiger partial charge in [0.25, 0.3) is 0 Å². The van der Waals surface area contributed by atoms with Gasteiger partial charge < -0.3 is 14.4 Å². The Balaban J connectivity index is 1.95. The van der Waals surface area contributed by atoms with Crippen LogP contribution in [0.2, 0.25) is 0 Å². The van der Waals surface area contributed by atoms with Gasteiger partial charge in [0.2, 0.25) is 0 Å². The molecule has 0 spiro atoms. The highest BCUT2D eigenvalue weighted by Gasteiger charge is 2.13. The van der Waals surface area contributed by atoms with Gasteiger partial charge in [0, 0.05) is 6.07 Å². The lowest BCUT2D eigenvalue weighted by Gasteiger charge is -2.09. The molecule has 21 heavy (non-hydrogen) atoms. The van der Waals surface area contributed by atoms with Crippen LogP contribution in [-0.4, -0.2) is 16.2 Å². The van der Waals surface area contributed by atoms with Gasteiger partial charge in [-0.05, 0) is 29.8 Å². The number of aryl methyl sites for hydroxylation is 1. The van der Waals surface area contributed by atoms with Crippen LogP contribution in [-0.2, 0) is 6.61 Å². The van der Waals surface area contributed by atoms with Gasteiger partial charge in [-0.15, -0.1) is 0 Å². The molecular formula is C16H13NO4. The zero-order valence-electron chi connectivity index (χ0n) is 11.4. The van der Waals surface area contributed by atoms with Crippen molar-refractivity contribution >= 4 is 16.7 Å². The highest BCUT2D eigenvalue weighted by Crippen LogP contribution is 2.27. The molecular weight excluding hydrogens is 270 g/mol. The van der Waals surface area contributed by atoms with E-state index >= 15 is 0 Å². The SMILES string of the molecule is Cc1cc(COc2cc3ccccc3cc2C(=O)O)no1. The van der Waals surface area contributed by atoms with Gasteiger partial charge in [-0.1, -0.05) is 29.4 Å². The van der Waals surface area contributed by atoms with Crippen molar-refractivity contribution in [1.29, 1.82) is 0 Å². The van der Waals surface area contributed by atoms with Crippen LogP contribution >= 0.6 is 0 Å². The smallest absolute Gasteiger partial charge is 0.339 e. The van der Waals surface area contributed by atoms with Crippen molar-refractivity contribution in [2.24, 2.45) is 0 Å². The summed E-state index contributed by atoms with van der Waals surface area (Å²) in [6.07, 6.45) is 0. The van der Waals surface area contributed by atoms with Gasteiger partial charge in [-0.3, -0.25) is 0 Å². The van der Waals surface area contributed by atoms with Gasteiger partial charge in [0.05, 0.1) is 0 Å². The third-order valence-electron chi connectivity index (χ3n) is 3.13. The minimum atomic E-state index is -1.02. The van der Waals surface area contributed by atoms with Gasteiger partial charge in [0.15, 0.2) is 0 Å². The van der Waals surface area contributed by atoms with Crippen molar-refractivity contribution in [3.8, 4) is 5.75 Å². The Morgan fingerprint density at radius 1 is 1.24 bits per heavy atom. The molecule has 1 N–H and O–H groups in total. The summed E-state index contributed by atoms with van der Waals surface area (Å²) in [6, 6.07) is 12.6. The first-order valence-electron chi connectivity index (χ1n) is 6.44. The number of fused-ring (bicyclic) bond motifs is 1. The monoisotopic (exact) mass is 283 g/mol. The van der Waals surface area contributed by atoms with Gasteiger partial charge >= 0.3 is 5.97 Å². The normalized spacial score (nSPS) is 10.7. The molecule has 0 saturated heterocycles. The number of carboxylic acids is 1. The maximum absolute atomic E-state index is 11.4. The zero-order valence-corrected chi connectivity index (χ0v) is 11.4. The third kappa shape index (κ3) is 2.72. The van der Waals surface area contributed by atoms with Crippen LogP contribution in [0.4, 0.5) is 0 Å². The molecule has 0 aliphatic carbocycles. The molecule has 0 unspecified atom stereocenters. The first kappa shape index (κ1) is 13.2. The van der Waals surface area contributed by atoms with Crippen LogP contribution in [0.1, 0.15) is 21.8 Å². The first-order chi connectivity index (χ1) is 10.1. The minimum Gasteiger partial charge on any atom is -0.486 e. The molecule has 3 aromatic rings. The molecule has 5 nitrogen and oxygen atoms in total. The maximum Gasteiger partial charge on any atom is 0.339 e. The third-order valence-corrected chi connectivity index (χ3v) is 3.13. The van der Waals surface area contributed by atoms with Gasteiger partial charge in [-0.2, -0.15) is 0 Å². The predicted molar refractivity (Wildman–Crippen MR) is 76.5 cm³/mol. The highest BCUT2D eigenvalue weighted by molar-refractivity contribution is 5.97. The molecule has 0 amide bonds. The Kier molecular flexibility index (Phi) is 3.31. The van der Waals surface area contributed by atoms with Crippen LogP contribution in [0, 0.1) is 6.92 Å². The van der Waals surface area contributed by atoms with E-state index in [1.807, 2.05) is 24.3 Å². The van der Waals surface area contributed by atoms with Crippen molar-refractivity contribution in [1.82, 2.24) is 5.16 Å². The molecule has 0 aliphatic heterocycles. The Morgan fingerprint density at radius 2 is 1.95 bits per heavy atom. The fourth-order valence-electron chi connectivity index (χ4n) is 2.14. The molecule has 0 bridgehead atoms. The summed E-state index contributed by atoms with van der Waals surface area (Å²) in [5.74, 6) is -0.0143. The van der Waals surface area contributed by atoms with Crippen molar-refractivity contribution < 1.29 is 19.2 Å². The molecule has 106 valence electrons. The van der Waals surface area contributed by atoms with E-state index < -0.39 is 5.97 Å². The number of aromatic nitrogens is 1. The number of ether oxygens (including phenoxy) is 1. The average Bonchev–Trinajstić information content (AvgIpc) is 2.89. The van der Waals surface area contributed by atoms with Gasteiger partial charge in [0.1, 0.15) is 29.4 Å². The number of rotatable bonds is 4. The number of carboxylic acid groups (broad SMARTS) is 1. The second-order valence-corrected chi connectivity index (χ2v) is 4.72. The molecule has 5 heteroatoms. The van der Waals surface area contributed by atoms with Crippen molar-refractivity contribution in [2.45, 2.75) is 13.5 Å². The van der Waals surface area contributed by atoms with Crippen LogP contribution < -0.4 is 4.74 Å². The molecule has 0 saturated carbocycles. The number of aromatic carboxylic acids is 1. The lowest BCUT2D eigenvalue weighted by atomic mass is 10.1. The predicted octanol–water partition coefficient (Wildman–Crippen LogP) is 3.41. The van der Waals surface area contributed by atoms with E-state index in [1.54, 1.807) is 25.1 Å². The lowest BCUT2D eigenvalue weighted by Crippen LogP contribution is -2.03. The second-order valence-electron chi connectivity index (χ2n) is 4.72. The quantitative estimate of drug-likeness (QED) is 0.794. The summed E-state index contributed by atoms with van der Waals surface area (Å²) in [5.41, 5.74) is 0.755. The molecule has 0 fully saturated rings. The van der Waals surface area contributed by atoms with E-state index in [4.69, 9.17) is 9.26 Å². The van der Waals surface area contributed by atoms with Crippen LogP contribution in [0.5, 0.6) is 5.75 Å². The Labute approximate surface area is 120 Å². The van der Waals surface area contributed by atoms with Crippen molar-refractivity contribution in [2.75, 3.05) is 0 Å². The zero-order chi connectivity index (χ0) is 14.8. The largest absolute Gasteiger partial charge is 0.486 e. The number of benzene rings is 2. The molecule has 1 aromatic heterocycles. The Bertz CT molecular complexity index is 807. The van der Waals surface area contributed by atoms with E-state index in [0.717, 1.165) is 10.8 Å². The standard InChI is InChI=1S/C16H13NO4/c1-10-6-13(17-21-10)9-20-15-8-12-5-3-2-4-11(12)7-14(15)16(18)19/h2-8H,9H2,1H3,(H,18,19). The highest BCUT2D eigenvalue weighted by atomic mass is 16.5. The molecule has 1 heterocycles. The summed E-state index contributed by atoms with van der Waals surface area (Å²) >= 11 is 0. The number of hydrogen-bond acceptors (Lipinski definition) is 4. The minimum absolute atomic E-state index is 0.133. The summed E-state index contributed by atoms with van der Waals surface area (Å²) in [7, 11) is 0. The topological polar surface area (TPSA) is 72.6 Å². The van der Waals surface area contributed by atoms with Crippen LogP contribution in [0.15, 0.2) is 47.0 Å². The molecule has 0 atom stereocenters. The maximum atomic E-state index is 11.4. The van der Waals surface area contributed by atoms with E-state index in [0.29, 0.717) is 17.2 Å². The van der Waals surface area contributed by atoms with E-state index in [-0.39, 0.29) is 12.2 Å². The van der Waals surface area contributed by atoms with Crippen LogP contribution in [0.3, 0.4) is 0 Å². The van der Waals surface area contributed by atoms with Crippen LogP contribution in [0.25, 0.3) is 10.8 Å². The lowest BCUT2D eigenvalue weighted by molar-refractivity contribution is 0.0692. The van der Waals surface area contributed by atoms with Crippen molar-refractivity contribution in [3.63, 3.8) is 0 Å². The summed E-state index contributed by atoms with van der Waals surface area (Å²) in [6.45, 7) is 1.95. The Hall–Kier alpha value is -2.82. The number of carbonyl (C=O) groups is 1. The fourth-order valence-corrected chi connectivity index (χ4v) is 2.14. The second kappa shape index (κ2) is 5.28. The van der Waals surface area contributed by atoms with Gasteiger partial charge in [-0.25, -0.2) is 4.79 Å². The fraction of sp³-hybridized carbons (Fsp3) is 0.125. The summed E-state index contributed by atoms with van der Waals surface area (Å²) in [5, 5.41) is 14.9. The molecule has 3 rings (SSSR count). The summed E-state index contributed by atoms with van der Waals surface area (Å²) in [4.78, 5) is 11.4. The number of nitrogens with zero attached hydrogens (tertiary/aromatic N) is 1. The van der Waals surface area contributed by atoms with E-state index in [2.05, 4.69) is 5.16 Å². The average molecular weight is 283 g/mol. The molecule has 2 aromatic carbocycles. The summed E-state index contributed by atoms with van der Waals surface area (Å²) < 4.78 is 10.6.